The lowest BCUT2D eigenvalue weighted by molar-refractivity contribution is 0.102. The van der Waals surface area contributed by atoms with Crippen LogP contribution >= 0.6 is 23.1 Å². The normalized spacial score (nSPS) is 13.6. The molecule has 31 heavy (non-hydrogen) atoms. The number of fused-ring (bicyclic) bond motifs is 3. The van der Waals surface area contributed by atoms with Gasteiger partial charge in [-0.2, -0.15) is 0 Å². The smallest absolute Gasteiger partial charge is 0.260 e. The number of aromatic nitrogens is 3. The molecule has 1 aliphatic rings. The number of thioether (sulfide) groups is 1. The number of hydrogen-bond donors (Lipinski definition) is 1. The Morgan fingerprint density at radius 3 is 2.97 bits per heavy atom. The number of aryl methyl sites for hydroxylation is 3. The molecule has 0 fully saturated rings. The number of nitrogens with zero attached hydrogens (tertiary/aromatic N) is 2. The zero-order chi connectivity index (χ0) is 21.5. The number of carbonyl (C=O) groups excluding carboxylic acids is 1. The maximum Gasteiger partial charge on any atom is 0.260 e. The minimum Gasteiger partial charge on any atom is -0.467 e. The molecule has 0 radical (unpaired) electrons. The molecule has 0 amide bonds. The molecule has 0 atom stereocenters. The molecule has 1 aliphatic carbocycles. The van der Waals surface area contributed by atoms with E-state index in [1.807, 2.05) is 32.0 Å². The number of hydrogen-bond acceptors (Lipinski definition) is 6. The minimum atomic E-state index is -0.0871. The van der Waals surface area contributed by atoms with Gasteiger partial charge in [0.25, 0.3) is 5.56 Å². The SMILES string of the molecule is Cc1cc(C(=O)CSc2nc3sc4c(c3c(=O)[nH]2)CCCC4)c(C)n1Cc1ccco1. The second-order valence-corrected chi connectivity index (χ2v) is 9.97. The van der Waals surface area contributed by atoms with Gasteiger partial charge in [0.05, 0.1) is 23.9 Å². The maximum atomic E-state index is 12.9. The maximum absolute atomic E-state index is 12.9. The van der Waals surface area contributed by atoms with Crippen molar-refractivity contribution < 1.29 is 9.21 Å². The first-order valence-corrected chi connectivity index (χ1v) is 12.2. The van der Waals surface area contributed by atoms with Gasteiger partial charge < -0.3 is 14.0 Å². The van der Waals surface area contributed by atoms with Crippen LogP contribution in [-0.4, -0.2) is 26.1 Å². The largest absolute Gasteiger partial charge is 0.467 e. The lowest BCUT2D eigenvalue weighted by Crippen LogP contribution is -2.12. The standard InChI is InChI=1S/C23H23N3O3S2/c1-13-10-17(14(2)26(13)11-15-6-5-9-29-15)18(27)12-30-23-24-21(28)20-16-7-3-4-8-19(16)31-22(20)25-23/h5-6,9-10H,3-4,7-8,11-12H2,1-2H3,(H,24,25,28). The summed E-state index contributed by atoms with van der Waals surface area (Å²) in [4.78, 5) is 35.3. The summed E-state index contributed by atoms with van der Waals surface area (Å²) in [6.07, 6.45) is 5.94. The van der Waals surface area contributed by atoms with Crippen molar-refractivity contribution in [3.05, 3.63) is 68.0 Å². The molecule has 160 valence electrons. The number of carbonyl (C=O) groups is 1. The van der Waals surface area contributed by atoms with Gasteiger partial charge in [-0.1, -0.05) is 11.8 Å². The highest BCUT2D eigenvalue weighted by atomic mass is 32.2. The van der Waals surface area contributed by atoms with Crippen LogP contribution in [-0.2, 0) is 19.4 Å². The number of ketones is 1. The second-order valence-electron chi connectivity index (χ2n) is 7.92. The Bertz CT molecular complexity index is 1330. The van der Waals surface area contributed by atoms with E-state index >= 15 is 0 Å². The molecular formula is C23H23N3O3S2. The Hall–Kier alpha value is -2.58. The van der Waals surface area contributed by atoms with Gasteiger partial charge in [0.2, 0.25) is 0 Å². The quantitative estimate of drug-likeness (QED) is 0.255. The van der Waals surface area contributed by atoms with Crippen LogP contribution in [0.1, 0.15) is 50.8 Å². The van der Waals surface area contributed by atoms with Gasteiger partial charge in [-0.15, -0.1) is 11.3 Å². The van der Waals surface area contributed by atoms with Crippen molar-refractivity contribution in [2.24, 2.45) is 0 Å². The van der Waals surface area contributed by atoms with Gasteiger partial charge in [-0.05, 0) is 63.3 Å². The lowest BCUT2D eigenvalue weighted by Gasteiger charge is -2.09. The number of Topliss-reactive ketones (excluding diaryl/α,β-unsaturated/α-hetero) is 1. The van der Waals surface area contributed by atoms with Gasteiger partial charge >= 0.3 is 0 Å². The molecule has 4 heterocycles. The molecule has 5 rings (SSSR count). The number of rotatable bonds is 6. The Balaban J connectivity index is 1.35. The van der Waals surface area contributed by atoms with Crippen LogP contribution in [0.25, 0.3) is 10.2 Å². The first-order valence-electron chi connectivity index (χ1n) is 10.4. The summed E-state index contributed by atoms with van der Waals surface area (Å²) in [6, 6.07) is 5.71. The van der Waals surface area contributed by atoms with E-state index in [-0.39, 0.29) is 17.1 Å². The third kappa shape index (κ3) is 3.78. The Morgan fingerprint density at radius 2 is 2.16 bits per heavy atom. The number of nitrogens with one attached hydrogen (secondary N) is 1. The molecular weight excluding hydrogens is 430 g/mol. The zero-order valence-electron chi connectivity index (χ0n) is 17.5. The van der Waals surface area contributed by atoms with E-state index in [1.54, 1.807) is 17.6 Å². The third-order valence-corrected chi connectivity index (χ3v) is 7.97. The van der Waals surface area contributed by atoms with Crippen LogP contribution in [0.4, 0.5) is 0 Å². The molecule has 0 saturated heterocycles. The highest BCUT2D eigenvalue weighted by molar-refractivity contribution is 7.99. The van der Waals surface area contributed by atoms with Crippen LogP contribution in [0, 0.1) is 13.8 Å². The molecule has 1 N–H and O–H groups in total. The van der Waals surface area contributed by atoms with Crippen molar-refractivity contribution in [3.8, 4) is 0 Å². The Labute approximate surface area is 187 Å². The number of aromatic amines is 1. The fourth-order valence-electron chi connectivity index (χ4n) is 4.31. The van der Waals surface area contributed by atoms with Crippen LogP contribution in [0.3, 0.4) is 0 Å². The van der Waals surface area contributed by atoms with Crippen molar-refractivity contribution in [1.82, 2.24) is 14.5 Å². The predicted octanol–water partition coefficient (Wildman–Crippen LogP) is 4.90. The van der Waals surface area contributed by atoms with Gasteiger partial charge in [-0.3, -0.25) is 9.59 Å². The molecule has 8 heteroatoms. The zero-order valence-corrected chi connectivity index (χ0v) is 19.1. The summed E-state index contributed by atoms with van der Waals surface area (Å²) in [5.74, 6) is 1.10. The average Bonchev–Trinajstić information content (AvgIpc) is 3.46. The topological polar surface area (TPSA) is 80.9 Å². The summed E-state index contributed by atoms with van der Waals surface area (Å²) >= 11 is 2.92. The molecule has 0 aromatic carbocycles. The molecule has 4 aromatic rings. The minimum absolute atomic E-state index is 0.0250. The van der Waals surface area contributed by atoms with Crippen molar-refractivity contribution in [3.63, 3.8) is 0 Å². The first kappa shape index (κ1) is 20.3. The molecule has 0 spiro atoms. The highest BCUT2D eigenvalue weighted by Gasteiger charge is 2.21. The lowest BCUT2D eigenvalue weighted by atomic mass is 9.97. The van der Waals surface area contributed by atoms with Crippen molar-refractivity contribution in [2.45, 2.75) is 51.2 Å². The van der Waals surface area contributed by atoms with E-state index in [1.165, 1.54) is 28.6 Å². The summed E-state index contributed by atoms with van der Waals surface area (Å²) in [7, 11) is 0. The number of furan rings is 1. The number of H-pyrrole nitrogens is 1. The van der Waals surface area contributed by atoms with Gasteiger partial charge in [0.15, 0.2) is 10.9 Å². The molecule has 4 aromatic heterocycles. The van der Waals surface area contributed by atoms with E-state index in [2.05, 4.69) is 14.5 Å². The fraction of sp³-hybridized carbons (Fsp3) is 0.348. The van der Waals surface area contributed by atoms with E-state index < -0.39 is 0 Å². The molecule has 6 nitrogen and oxygen atoms in total. The van der Waals surface area contributed by atoms with Crippen molar-refractivity contribution in [2.75, 3.05) is 5.75 Å². The van der Waals surface area contributed by atoms with E-state index in [0.717, 1.165) is 46.6 Å². The summed E-state index contributed by atoms with van der Waals surface area (Å²) in [6.45, 7) is 4.54. The predicted molar refractivity (Wildman–Crippen MR) is 124 cm³/mol. The average molecular weight is 454 g/mol. The van der Waals surface area contributed by atoms with Crippen LogP contribution < -0.4 is 5.56 Å². The van der Waals surface area contributed by atoms with Crippen LogP contribution in [0.2, 0.25) is 0 Å². The Morgan fingerprint density at radius 1 is 1.32 bits per heavy atom. The van der Waals surface area contributed by atoms with E-state index in [9.17, 15) is 9.59 Å². The monoisotopic (exact) mass is 453 g/mol. The van der Waals surface area contributed by atoms with Gasteiger partial charge in [0, 0.05) is 21.8 Å². The molecule has 0 bridgehead atoms. The molecule has 0 aliphatic heterocycles. The van der Waals surface area contributed by atoms with Crippen molar-refractivity contribution >= 4 is 39.1 Å². The summed E-state index contributed by atoms with van der Waals surface area (Å²) in [5.41, 5.74) is 3.72. The number of thiophene rings is 1. The molecule has 0 unspecified atom stereocenters. The van der Waals surface area contributed by atoms with Gasteiger partial charge in [-0.25, -0.2) is 4.98 Å². The molecule has 0 saturated carbocycles. The first-order chi connectivity index (χ1) is 15.0. The highest BCUT2D eigenvalue weighted by Crippen LogP contribution is 2.34. The van der Waals surface area contributed by atoms with Crippen LogP contribution in [0.5, 0.6) is 0 Å². The second kappa shape index (κ2) is 8.16. The van der Waals surface area contributed by atoms with E-state index in [4.69, 9.17) is 4.42 Å². The van der Waals surface area contributed by atoms with Gasteiger partial charge in [0.1, 0.15) is 10.6 Å². The Kier molecular flexibility index (Phi) is 5.35. The summed E-state index contributed by atoms with van der Waals surface area (Å²) in [5, 5.41) is 1.26. The van der Waals surface area contributed by atoms with Crippen molar-refractivity contribution in [1.29, 1.82) is 0 Å². The third-order valence-electron chi connectivity index (χ3n) is 5.91. The van der Waals surface area contributed by atoms with Crippen LogP contribution in [0.15, 0.2) is 38.8 Å². The summed E-state index contributed by atoms with van der Waals surface area (Å²) < 4.78 is 7.53. The fourth-order valence-corrected chi connectivity index (χ4v) is 6.37. The van der Waals surface area contributed by atoms with E-state index in [0.29, 0.717) is 17.3 Å².